The van der Waals surface area contributed by atoms with Gasteiger partial charge in [0.2, 0.25) is 0 Å². The van der Waals surface area contributed by atoms with Gasteiger partial charge in [0.05, 0.1) is 5.69 Å². The molecule has 1 aliphatic heterocycles. The van der Waals surface area contributed by atoms with Crippen LogP contribution in [0.15, 0.2) is 59.4 Å². The van der Waals surface area contributed by atoms with Crippen molar-refractivity contribution in [3.63, 3.8) is 0 Å². The highest BCUT2D eigenvalue weighted by molar-refractivity contribution is 5.64. The molecule has 0 saturated carbocycles. The zero-order chi connectivity index (χ0) is 19.5. The predicted molar refractivity (Wildman–Crippen MR) is 107 cm³/mol. The fourth-order valence-electron chi connectivity index (χ4n) is 3.46. The van der Waals surface area contributed by atoms with Gasteiger partial charge < -0.3 is 10.1 Å². The van der Waals surface area contributed by atoms with Gasteiger partial charge in [-0.3, -0.25) is 9.69 Å². The Bertz CT molecular complexity index is 992. The van der Waals surface area contributed by atoms with Crippen molar-refractivity contribution in [3.8, 4) is 28.4 Å². The standard InChI is InChI=1S/C22H22FN3O2/c23-18-9-11-26(12-10-18)14-15-1-3-17(4-2-15)22-24-20(13-21(28)25-22)16-5-7-19(27)8-6-16/h1-8,13,18,27H,9-12,14H2,(H,24,25,28). The number of nitrogens with one attached hydrogen (secondary N) is 1. The molecule has 28 heavy (non-hydrogen) atoms. The maximum atomic E-state index is 13.3. The third kappa shape index (κ3) is 4.28. The van der Waals surface area contributed by atoms with E-state index in [9.17, 15) is 14.3 Å². The highest BCUT2D eigenvalue weighted by Crippen LogP contribution is 2.22. The summed E-state index contributed by atoms with van der Waals surface area (Å²) in [5, 5.41) is 9.44. The molecule has 1 saturated heterocycles. The van der Waals surface area contributed by atoms with E-state index in [4.69, 9.17) is 0 Å². The van der Waals surface area contributed by atoms with E-state index in [1.54, 1.807) is 24.3 Å². The fourth-order valence-corrected chi connectivity index (χ4v) is 3.46. The van der Waals surface area contributed by atoms with Crippen LogP contribution < -0.4 is 5.56 Å². The summed E-state index contributed by atoms with van der Waals surface area (Å²) in [4.78, 5) is 21.7. The molecule has 2 heterocycles. The first-order chi connectivity index (χ1) is 13.6. The fraction of sp³-hybridized carbons (Fsp3) is 0.273. The number of phenols is 1. The lowest BCUT2D eigenvalue weighted by atomic mass is 10.1. The minimum Gasteiger partial charge on any atom is -0.508 e. The molecule has 5 nitrogen and oxygen atoms in total. The van der Waals surface area contributed by atoms with Crippen molar-refractivity contribution < 1.29 is 9.50 Å². The van der Waals surface area contributed by atoms with E-state index in [0.29, 0.717) is 24.4 Å². The maximum Gasteiger partial charge on any atom is 0.251 e. The van der Waals surface area contributed by atoms with Gasteiger partial charge in [0.15, 0.2) is 0 Å². The van der Waals surface area contributed by atoms with Gasteiger partial charge in [0.1, 0.15) is 17.7 Å². The summed E-state index contributed by atoms with van der Waals surface area (Å²) in [6.45, 7) is 2.36. The smallest absolute Gasteiger partial charge is 0.251 e. The van der Waals surface area contributed by atoms with Gasteiger partial charge in [-0.05, 0) is 42.7 Å². The van der Waals surface area contributed by atoms with Crippen molar-refractivity contribution >= 4 is 0 Å². The van der Waals surface area contributed by atoms with E-state index < -0.39 is 6.17 Å². The molecule has 0 bridgehead atoms. The number of H-pyrrole nitrogens is 1. The molecule has 3 aromatic rings. The van der Waals surface area contributed by atoms with Crippen molar-refractivity contribution in [2.45, 2.75) is 25.6 Å². The highest BCUT2D eigenvalue weighted by Gasteiger charge is 2.18. The first-order valence-electron chi connectivity index (χ1n) is 9.43. The van der Waals surface area contributed by atoms with Gasteiger partial charge in [-0.1, -0.05) is 24.3 Å². The molecule has 0 radical (unpaired) electrons. The van der Waals surface area contributed by atoms with Gasteiger partial charge >= 0.3 is 0 Å². The second-order valence-electron chi connectivity index (χ2n) is 7.17. The Hall–Kier alpha value is -2.99. The SMILES string of the molecule is O=c1cc(-c2ccc(O)cc2)nc(-c2ccc(CN3CCC(F)CC3)cc2)[nH]1. The van der Waals surface area contributed by atoms with Crippen LogP contribution in [0.2, 0.25) is 0 Å². The lowest BCUT2D eigenvalue weighted by Crippen LogP contribution is -2.33. The van der Waals surface area contributed by atoms with Crippen LogP contribution in [-0.4, -0.2) is 39.2 Å². The Morgan fingerprint density at radius 1 is 1.04 bits per heavy atom. The number of aromatic nitrogens is 2. The average Bonchev–Trinajstić information content (AvgIpc) is 2.70. The second-order valence-corrected chi connectivity index (χ2v) is 7.17. The number of benzene rings is 2. The molecule has 1 aliphatic rings. The molecule has 0 amide bonds. The van der Waals surface area contributed by atoms with Gasteiger partial charge in [-0.25, -0.2) is 9.37 Å². The van der Waals surface area contributed by atoms with Crippen molar-refractivity contribution in [1.29, 1.82) is 0 Å². The van der Waals surface area contributed by atoms with E-state index in [-0.39, 0.29) is 11.3 Å². The molecule has 0 aliphatic carbocycles. The van der Waals surface area contributed by atoms with Crippen LogP contribution in [0.4, 0.5) is 4.39 Å². The Balaban J connectivity index is 1.54. The van der Waals surface area contributed by atoms with Crippen molar-refractivity contribution in [2.24, 2.45) is 0 Å². The van der Waals surface area contributed by atoms with E-state index in [2.05, 4.69) is 14.9 Å². The zero-order valence-electron chi connectivity index (χ0n) is 15.4. The van der Waals surface area contributed by atoms with Crippen molar-refractivity contribution in [3.05, 3.63) is 70.5 Å². The number of hydrogen-bond donors (Lipinski definition) is 2. The molecule has 0 spiro atoms. The van der Waals surface area contributed by atoms with E-state index in [0.717, 1.165) is 36.3 Å². The van der Waals surface area contributed by atoms with E-state index in [1.165, 1.54) is 6.07 Å². The number of halogens is 1. The summed E-state index contributed by atoms with van der Waals surface area (Å²) < 4.78 is 13.3. The first kappa shape index (κ1) is 18.4. The number of likely N-dealkylation sites (tertiary alicyclic amines) is 1. The molecule has 1 fully saturated rings. The van der Waals surface area contributed by atoms with Crippen molar-refractivity contribution in [2.75, 3.05) is 13.1 Å². The molecule has 2 aromatic carbocycles. The summed E-state index contributed by atoms with van der Waals surface area (Å²) in [6, 6.07) is 15.9. The molecule has 4 rings (SSSR count). The lowest BCUT2D eigenvalue weighted by molar-refractivity contribution is 0.145. The summed E-state index contributed by atoms with van der Waals surface area (Å²) in [7, 11) is 0. The van der Waals surface area contributed by atoms with Gasteiger partial charge in [0, 0.05) is 36.8 Å². The van der Waals surface area contributed by atoms with Crippen LogP contribution in [0.25, 0.3) is 22.6 Å². The molecule has 1 aromatic heterocycles. The van der Waals surface area contributed by atoms with Crippen molar-refractivity contribution in [1.82, 2.24) is 14.9 Å². The Morgan fingerprint density at radius 3 is 2.36 bits per heavy atom. The van der Waals surface area contributed by atoms with Crippen LogP contribution in [0.5, 0.6) is 5.75 Å². The third-order valence-electron chi connectivity index (χ3n) is 5.06. The number of rotatable bonds is 4. The summed E-state index contributed by atoms with van der Waals surface area (Å²) >= 11 is 0. The monoisotopic (exact) mass is 379 g/mol. The average molecular weight is 379 g/mol. The molecule has 2 N–H and O–H groups in total. The highest BCUT2D eigenvalue weighted by atomic mass is 19.1. The minimum absolute atomic E-state index is 0.167. The lowest BCUT2D eigenvalue weighted by Gasteiger charge is -2.28. The summed E-state index contributed by atoms with van der Waals surface area (Å²) in [5.41, 5.74) is 3.06. The Labute approximate surface area is 162 Å². The van der Waals surface area contributed by atoms with Crippen LogP contribution in [0, 0.1) is 0 Å². The van der Waals surface area contributed by atoms with Crippen LogP contribution in [0.1, 0.15) is 18.4 Å². The predicted octanol–water partition coefficient (Wildman–Crippen LogP) is 3.74. The number of phenolic OH excluding ortho intramolecular Hbond substituents is 1. The number of aromatic amines is 1. The molecule has 0 unspecified atom stereocenters. The van der Waals surface area contributed by atoms with E-state index >= 15 is 0 Å². The normalized spacial score (nSPS) is 15.6. The Kier molecular flexibility index (Phi) is 5.21. The van der Waals surface area contributed by atoms with Gasteiger partial charge in [0.25, 0.3) is 5.56 Å². The number of piperidine rings is 1. The minimum atomic E-state index is -0.664. The van der Waals surface area contributed by atoms with Gasteiger partial charge in [-0.2, -0.15) is 0 Å². The first-order valence-corrected chi connectivity index (χ1v) is 9.43. The molecule has 144 valence electrons. The van der Waals surface area contributed by atoms with Crippen LogP contribution in [-0.2, 0) is 6.54 Å². The molecule has 6 heteroatoms. The Morgan fingerprint density at radius 2 is 1.68 bits per heavy atom. The number of hydrogen-bond acceptors (Lipinski definition) is 4. The topological polar surface area (TPSA) is 69.2 Å². The maximum absolute atomic E-state index is 13.3. The zero-order valence-corrected chi connectivity index (χ0v) is 15.4. The number of nitrogens with zero attached hydrogens (tertiary/aromatic N) is 2. The second kappa shape index (κ2) is 7.94. The molecular formula is C22H22FN3O2. The van der Waals surface area contributed by atoms with Gasteiger partial charge in [-0.15, -0.1) is 0 Å². The molecular weight excluding hydrogens is 357 g/mol. The van der Waals surface area contributed by atoms with Crippen LogP contribution in [0.3, 0.4) is 0 Å². The summed E-state index contributed by atoms with van der Waals surface area (Å²) in [5.74, 6) is 0.667. The number of aromatic hydroxyl groups is 1. The quantitative estimate of drug-likeness (QED) is 0.725. The van der Waals surface area contributed by atoms with Crippen LogP contribution >= 0.6 is 0 Å². The molecule has 0 atom stereocenters. The van der Waals surface area contributed by atoms with E-state index in [1.807, 2.05) is 24.3 Å². The summed E-state index contributed by atoms with van der Waals surface area (Å²) in [6.07, 6.45) is 0.544. The number of alkyl halides is 1. The largest absolute Gasteiger partial charge is 0.508 e. The third-order valence-corrected chi connectivity index (χ3v) is 5.06.